The zero-order chi connectivity index (χ0) is 19.9. The molecule has 3 rings (SSSR count). The van der Waals surface area contributed by atoms with Gasteiger partial charge in [-0.05, 0) is 74.1 Å². The summed E-state index contributed by atoms with van der Waals surface area (Å²) in [6.45, 7) is 4.54. The lowest BCUT2D eigenvalue weighted by Gasteiger charge is -2.15. The van der Waals surface area contributed by atoms with Crippen LogP contribution in [0, 0.1) is 6.92 Å². The van der Waals surface area contributed by atoms with Crippen LogP contribution in [0.3, 0.4) is 0 Å². The highest BCUT2D eigenvalue weighted by Crippen LogP contribution is 2.28. The molecule has 1 unspecified atom stereocenters. The number of hydrogen-bond donors (Lipinski definition) is 1. The molecule has 1 amide bonds. The number of tetrazole rings is 1. The first-order valence-corrected chi connectivity index (χ1v) is 10.5. The van der Waals surface area contributed by atoms with Gasteiger partial charge in [0.05, 0.1) is 12.4 Å². The Hall–Kier alpha value is -2.35. The molecule has 1 aliphatic carbocycles. The highest BCUT2D eigenvalue weighted by Gasteiger charge is 2.20. The second-order valence-corrected chi connectivity index (χ2v) is 8.27. The number of nitrogens with zero attached hydrogens (tertiary/aromatic N) is 4. The summed E-state index contributed by atoms with van der Waals surface area (Å²) in [6, 6.07) is 5.82. The van der Waals surface area contributed by atoms with Crippen LogP contribution in [0.15, 0.2) is 35.0 Å². The lowest BCUT2D eigenvalue weighted by Crippen LogP contribution is -2.32. The van der Waals surface area contributed by atoms with Crippen LogP contribution in [0.25, 0.3) is 5.69 Å². The average Bonchev–Trinajstić information content (AvgIpc) is 3.16. The van der Waals surface area contributed by atoms with Gasteiger partial charge in [0.25, 0.3) is 0 Å². The summed E-state index contributed by atoms with van der Waals surface area (Å²) in [6.07, 6.45) is 8.12. The van der Waals surface area contributed by atoms with E-state index in [1.165, 1.54) is 36.6 Å². The number of nitrogens with one attached hydrogen (secondary N) is 1. The summed E-state index contributed by atoms with van der Waals surface area (Å²) in [5.74, 6) is 0.671. The molecule has 0 radical (unpaired) electrons. The smallest absolute Gasteiger partial charge is 0.233 e. The first-order valence-electron chi connectivity index (χ1n) is 9.64. The number of ether oxygens (including phenoxy) is 1. The van der Waals surface area contributed by atoms with Crippen LogP contribution in [0.2, 0.25) is 0 Å². The minimum Gasteiger partial charge on any atom is -0.494 e. The lowest BCUT2D eigenvalue weighted by molar-refractivity contribution is -0.120. The fraction of sp³-hybridized carbons (Fsp3) is 0.500. The van der Waals surface area contributed by atoms with Gasteiger partial charge in [-0.25, -0.2) is 0 Å². The van der Waals surface area contributed by atoms with Crippen molar-refractivity contribution in [3.05, 3.63) is 35.4 Å². The molecule has 1 heterocycles. The number of methoxy groups -OCH3 is 1. The molecule has 0 fully saturated rings. The zero-order valence-electron chi connectivity index (χ0n) is 16.6. The topological polar surface area (TPSA) is 81.9 Å². The number of amides is 1. The van der Waals surface area contributed by atoms with Crippen LogP contribution in [-0.4, -0.2) is 45.0 Å². The molecular weight excluding hydrogens is 374 g/mol. The third-order valence-electron chi connectivity index (χ3n) is 4.79. The molecule has 8 heteroatoms. The molecule has 1 atom stereocenters. The van der Waals surface area contributed by atoms with E-state index in [9.17, 15) is 4.79 Å². The maximum absolute atomic E-state index is 12.5. The van der Waals surface area contributed by atoms with Gasteiger partial charge in [-0.1, -0.05) is 29.5 Å². The van der Waals surface area contributed by atoms with Gasteiger partial charge >= 0.3 is 0 Å². The fourth-order valence-electron chi connectivity index (χ4n) is 3.20. The number of allylic oxidation sites excluding steroid dienone is 1. The van der Waals surface area contributed by atoms with Crippen LogP contribution in [0.1, 0.15) is 44.6 Å². The van der Waals surface area contributed by atoms with Crippen molar-refractivity contribution in [2.75, 3.05) is 13.7 Å². The van der Waals surface area contributed by atoms with E-state index in [2.05, 4.69) is 26.9 Å². The van der Waals surface area contributed by atoms with E-state index >= 15 is 0 Å². The molecule has 1 aromatic heterocycles. The first kappa shape index (κ1) is 20.4. The first-order chi connectivity index (χ1) is 13.6. The van der Waals surface area contributed by atoms with Crippen molar-refractivity contribution in [1.82, 2.24) is 25.5 Å². The summed E-state index contributed by atoms with van der Waals surface area (Å²) in [4.78, 5) is 12.5. The second kappa shape index (κ2) is 9.73. The van der Waals surface area contributed by atoms with Crippen molar-refractivity contribution in [2.24, 2.45) is 0 Å². The number of rotatable bonds is 8. The van der Waals surface area contributed by atoms with Crippen molar-refractivity contribution in [1.29, 1.82) is 0 Å². The number of aromatic nitrogens is 4. The number of hydrogen-bond acceptors (Lipinski definition) is 6. The maximum Gasteiger partial charge on any atom is 0.233 e. The molecule has 0 saturated heterocycles. The van der Waals surface area contributed by atoms with Crippen molar-refractivity contribution < 1.29 is 9.53 Å². The number of benzene rings is 1. The summed E-state index contributed by atoms with van der Waals surface area (Å²) < 4.78 is 7.05. The monoisotopic (exact) mass is 401 g/mol. The Labute approximate surface area is 169 Å². The minimum atomic E-state index is -0.305. The van der Waals surface area contributed by atoms with Crippen LogP contribution < -0.4 is 10.1 Å². The molecule has 1 aromatic carbocycles. The predicted molar refractivity (Wildman–Crippen MR) is 110 cm³/mol. The summed E-state index contributed by atoms with van der Waals surface area (Å²) in [7, 11) is 1.61. The van der Waals surface area contributed by atoms with Gasteiger partial charge in [0.1, 0.15) is 11.4 Å². The molecular formula is C20H27N5O2S. The standard InChI is InChI=1S/C20H27N5O2S/c1-14-9-10-18(27-3)17(13-14)25-20(22-23-24-25)28-15(2)19(26)21-12-11-16-7-5-4-6-8-16/h7,9-10,13,15H,4-6,8,11-12H2,1-3H3,(H,21,26). The Balaban J connectivity index is 1.61. The van der Waals surface area contributed by atoms with Gasteiger partial charge in [0, 0.05) is 6.54 Å². The Bertz CT molecular complexity index is 849. The van der Waals surface area contributed by atoms with E-state index in [-0.39, 0.29) is 11.2 Å². The largest absolute Gasteiger partial charge is 0.494 e. The highest BCUT2D eigenvalue weighted by molar-refractivity contribution is 8.00. The van der Waals surface area contributed by atoms with Crippen molar-refractivity contribution in [2.45, 2.75) is 56.4 Å². The molecule has 2 aromatic rings. The molecule has 0 bridgehead atoms. The van der Waals surface area contributed by atoms with Crippen LogP contribution >= 0.6 is 11.8 Å². The number of carbonyl (C=O) groups is 1. The van der Waals surface area contributed by atoms with Crippen LogP contribution in [-0.2, 0) is 4.79 Å². The van der Waals surface area contributed by atoms with Crippen LogP contribution in [0.5, 0.6) is 5.75 Å². The van der Waals surface area contributed by atoms with Gasteiger partial charge in [-0.2, -0.15) is 4.68 Å². The third kappa shape index (κ3) is 5.13. The van der Waals surface area contributed by atoms with E-state index in [4.69, 9.17) is 4.74 Å². The Morgan fingerprint density at radius 3 is 3.00 bits per heavy atom. The summed E-state index contributed by atoms with van der Waals surface area (Å²) in [5.41, 5.74) is 3.29. The molecule has 1 N–H and O–H groups in total. The van der Waals surface area contributed by atoms with Gasteiger partial charge < -0.3 is 10.1 Å². The summed E-state index contributed by atoms with van der Waals surface area (Å²) >= 11 is 1.34. The third-order valence-corrected chi connectivity index (χ3v) is 5.82. The van der Waals surface area contributed by atoms with Gasteiger partial charge in [0.15, 0.2) is 0 Å². The van der Waals surface area contributed by atoms with Crippen molar-refractivity contribution in [3.8, 4) is 11.4 Å². The second-order valence-electron chi connectivity index (χ2n) is 6.96. The average molecular weight is 402 g/mol. The highest BCUT2D eigenvalue weighted by atomic mass is 32.2. The summed E-state index contributed by atoms with van der Waals surface area (Å²) in [5, 5.41) is 15.3. The van der Waals surface area contributed by atoms with Gasteiger partial charge in [-0.3, -0.25) is 4.79 Å². The SMILES string of the molecule is COc1ccc(C)cc1-n1nnnc1SC(C)C(=O)NCCC1=CCCCC1. The van der Waals surface area contributed by atoms with Crippen molar-refractivity contribution >= 4 is 17.7 Å². The van der Waals surface area contributed by atoms with Gasteiger partial charge in [0.2, 0.25) is 11.1 Å². The molecule has 7 nitrogen and oxygen atoms in total. The van der Waals surface area contributed by atoms with E-state index < -0.39 is 0 Å². The molecule has 150 valence electrons. The van der Waals surface area contributed by atoms with E-state index in [0.29, 0.717) is 17.5 Å². The molecule has 0 saturated carbocycles. The maximum atomic E-state index is 12.5. The van der Waals surface area contributed by atoms with E-state index in [0.717, 1.165) is 24.1 Å². The number of aryl methyl sites for hydroxylation is 1. The number of thioether (sulfide) groups is 1. The normalized spacial score (nSPS) is 15.0. The fourth-order valence-corrected chi connectivity index (χ4v) is 4.03. The Morgan fingerprint density at radius 2 is 2.25 bits per heavy atom. The lowest BCUT2D eigenvalue weighted by atomic mass is 9.97. The van der Waals surface area contributed by atoms with Crippen LogP contribution in [0.4, 0.5) is 0 Å². The Morgan fingerprint density at radius 1 is 1.39 bits per heavy atom. The van der Waals surface area contributed by atoms with E-state index in [1.54, 1.807) is 11.8 Å². The van der Waals surface area contributed by atoms with Gasteiger partial charge in [-0.15, -0.1) is 5.10 Å². The minimum absolute atomic E-state index is 0.00725. The molecule has 28 heavy (non-hydrogen) atoms. The zero-order valence-corrected chi connectivity index (χ0v) is 17.5. The molecule has 0 aliphatic heterocycles. The molecule has 1 aliphatic rings. The van der Waals surface area contributed by atoms with E-state index in [1.807, 2.05) is 32.0 Å². The Kier molecular flexibility index (Phi) is 7.08. The predicted octanol–water partition coefficient (Wildman–Crippen LogP) is 3.47. The van der Waals surface area contributed by atoms with Crippen molar-refractivity contribution in [3.63, 3.8) is 0 Å². The quantitative estimate of drug-likeness (QED) is 0.539. The molecule has 0 spiro atoms. The number of carbonyl (C=O) groups excluding carboxylic acids is 1.